The maximum Gasteiger partial charge on any atom is 0.491 e. The maximum atomic E-state index is 14.9. The Balaban J connectivity index is 1.14. The molecule has 2 aliphatic rings. The molecule has 2 aliphatic heterocycles. The molecule has 0 radical (unpaired) electrons. The van der Waals surface area contributed by atoms with Gasteiger partial charge in [-0.1, -0.05) is 118 Å². The Hall–Kier alpha value is -9.66. The van der Waals surface area contributed by atoms with Gasteiger partial charge in [0.05, 0.1) is 36.8 Å². The van der Waals surface area contributed by atoms with Gasteiger partial charge in [0.25, 0.3) is 11.8 Å². The number of amides is 11. The maximum absolute atomic E-state index is 14.9. The monoisotopic (exact) mass is 1560 g/mol. The van der Waals surface area contributed by atoms with Crippen LogP contribution in [0.3, 0.4) is 0 Å². The van der Waals surface area contributed by atoms with Gasteiger partial charge in [0.1, 0.15) is 30.8 Å². The fraction of sp³-hybridized carbons (Fsp3) is 0.582. The second-order valence-corrected chi connectivity index (χ2v) is 29.5. The zero-order valence-corrected chi connectivity index (χ0v) is 66.2. The highest BCUT2D eigenvalue weighted by atomic mass is 19.4. The van der Waals surface area contributed by atoms with Gasteiger partial charge in [0.15, 0.2) is 5.78 Å². The summed E-state index contributed by atoms with van der Waals surface area (Å²) in [5.74, 6) is -9.93. The zero-order valence-electron chi connectivity index (χ0n) is 66.2. The number of ether oxygens (including phenoxy) is 4. The number of unbranched alkanes of at least 4 members (excludes halogenated alkanes) is 2. The molecule has 2 heterocycles. The molecule has 0 saturated carbocycles. The van der Waals surface area contributed by atoms with Gasteiger partial charge in [-0.2, -0.15) is 13.2 Å². The van der Waals surface area contributed by atoms with Gasteiger partial charge >= 0.3 is 30.2 Å². The predicted octanol–water partition coefficient (Wildman–Crippen LogP) is 6.90. The van der Waals surface area contributed by atoms with Gasteiger partial charge in [-0.25, -0.2) is 19.2 Å². The number of benzene rings is 3. The van der Waals surface area contributed by atoms with Crippen molar-refractivity contribution < 1.29 is 94.4 Å². The van der Waals surface area contributed by atoms with E-state index < -0.39 is 102 Å². The van der Waals surface area contributed by atoms with Crippen molar-refractivity contribution in [3.05, 3.63) is 107 Å². The van der Waals surface area contributed by atoms with Crippen molar-refractivity contribution in [2.45, 2.75) is 207 Å². The van der Waals surface area contributed by atoms with Gasteiger partial charge < -0.3 is 66.8 Å². The third-order valence-electron chi connectivity index (χ3n) is 20.2. The van der Waals surface area contributed by atoms with E-state index in [1.54, 1.807) is 81.1 Å². The van der Waals surface area contributed by atoms with Crippen LogP contribution in [-0.2, 0) is 86.3 Å². The van der Waals surface area contributed by atoms with E-state index >= 15 is 0 Å². The van der Waals surface area contributed by atoms with Crippen LogP contribution in [-0.4, -0.2) is 219 Å². The van der Waals surface area contributed by atoms with Crippen LogP contribution in [0.15, 0.2) is 84.9 Å². The summed E-state index contributed by atoms with van der Waals surface area (Å²) in [6.07, 6.45) is -1.54. The van der Waals surface area contributed by atoms with Gasteiger partial charge in [-0.15, -0.1) is 0 Å². The number of anilines is 2. The minimum absolute atomic E-state index is 0.0886. The fourth-order valence-electron chi connectivity index (χ4n) is 13.8. The van der Waals surface area contributed by atoms with Gasteiger partial charge in [-0.3, -0.25) is 57.9 Å². The quantitative estimate of drug-likeness (QED) is 0.00995. The molecule has 3 aromatic rings. The van der Waals surface area contributed by atoms with E-state index in [9.17, 15) is 75.5 Å². The largest absolute Gasteiger partial charge is 0.491 e. The fourth-order valence-corrected chi connectivity index (χ4v) is 13.8. The van der Waals surface area contributed by atoms with Crippen molar-refractivity contribution in [1.29, 1.82) is 0 Å². The number of Topliss-reactive ketones (excluding diaryl/α,β-unsaturated/α-hetero) is 1. The number of hydrogen-bond donors (Lipinski definition) is 7. The molecule has 0 aromatic heterocycles. The van der Waals surface area contributed by atoms with Crippen LogP contribution in [0, 0.1) is 29.6 Å². The average Bonchev–Trinajstić information content (AvgIpc) is 1.78. The van der Waals surface area contributed by atoms with E-state index in [0.717, 1.165) is 10.5 Å². The number of nitrogens with one attached hydrogen (secondary N) is 5. The number of nitrogens with zero attached hydrogens (tertiary/aromatic N) is 5. The third-order valence-corrected chi connectivity index (χ3v) is 20.2. The molecule has 11 atom stereocenters. The van der Waals surface area contributed by atoms with Crippen LogP contribution in [0.2, 0.25) is 0 Å². The van der Waals surface area contributed by atoms with Crippen LogP contribution in [0.5, 0.6) is 0 Å². The second-order valence-electron chi connectivity index (χ2n) is 29.5. The number of likely N-dealkylation sites (N-methyl/N-ethyl adjacent to an activating group) is 2. The summed E-state index contributed by atoms with van der Waals surface area (Å²) < 4.78 is 59.8. The Bertz CT molecular complexity index is 3710. The van der Waals surface area contributed by atoms with Crippen LogP contribution < -0.4 is 43.0 Å². The van der Waals surface area contributed by atoms with Crippen LogP contribution >= 0.6 is 0 Å². The van der Waals surface area contributed by atoms with E-state index in [2.05, 4.69) is 31.3 Å². The first-order valence-electron chi connectivity index (χ1n) is 37.7. The number of urea groups is 1. The first-order chi connectivity index (χ1) is 52.3. The minimum atomic E-state index is -5.40. The Labute approximate surface area is 647 Å². The lowest BCUT2D eigenvalue weighted by atomic mass is 9.87. The number of carbonyl (C=O) groups is 13. The molecule has 5 rings (SSSR count). The van der Waals surface area contributed by atoms with Crippen LogP contribution in [0.25, 0.3) is 0 Å². The molecular weight excluding hydrogens is 1450 g/mol. The number of primary amides is 1. The molecule has 612 valence electrons. The number of imide groups is 1. The number of halogens is 3. The molecule has 1 fully saturated rings. The highest BCUT2D eigenvalue weighted by Crippen LogP contribution is 2.32. The molecular formula is C79H113F3N12O17. The van der Waals surface area contributed by atoms with E-state index in [1.165, 1.54) is 55.5 Å². The van der Waals surface area contributed by atoms with E-state index in [1.807, 2.05) is 65.6 Å². The molecule has 0 spiro atoms. The zero-order chi connectivity index (χ0) is 82.7. The Morgan fingerprint density at radius 1 is 0.721 bits per heavy atom. The lowest BCUT2D eigenvalue weighted by Gasteiger charge is -2.41. The van der Waals surface area contributed by atoms with Gasteiger partial charge in [0.2, 0.25) is 35.4 Å². The van der Waals surface area contributed by atoms with Crippen molar-refractivity contribution in [2.24, 2.45) is 41.1 Å². The van der Waals surface area contributed by atoms with Gasteiger partial charge in [-0.05, 0) is 129 Å². The van der Waals surface area contributed by atoms with Crippen LogP contribution in [0.4, 0.5) is 34.1 Å². The number of alkyl halides is 3. The van der Waals surface area contributed by atoms with Crippen molar-refractivity contribution in [3.8, 4) is 0 Å². The Morgan fingerprint density at radius 2 is 1.36 bits per heavy atom. The number of likely N-dealkylation sites (tertiary alicyclic amines) is 1. The summed E-state index contributed by atoms with van der Waals surface area (Å²) >= 11 is 0. The number of rotatable bonds is 43. The normalized spacial score (nSPS) is 16.4. The SMILES string of the molecule is CC[C@H](C)[C@@H]([C@@H](CC(=O)N1CCCC1C(OC)C(C)C(=O)c1cccc(C[C@H](N)C(=O)OC(=O)C(F)(F)F)c1)OC)N(C)C(=O)[C@@H](NC(=O)[C@H](C(C)C)N(C)CCc1ccc(N(C)C(=O)OCc2ccc(NC(=O)[C@H](CCCNC(N)=O)NC(=O)[C@@H](NC(=O)CCCCCN3C(=O)C=CC3=O)C(C)C)cc2)cc1)C(C)C. The summed E-state index contributed by atoms with van der Waals surface area (Å²) in [6.45, 7) is 17.7. The Morgan fingerprint density at radius 3 is 1.95 bits per heavy atom. The molecule has 32 heteroatoms. The standard InChI is InChI=1S/C79H113F3N12O17/c1-15-49(8)68(60(108-13)44-64(98)93-40-21-25-59(93)70(109-14)50(9)69(99)54-23-19-22-53(42-54)43-57(83)75(104)111-76(105)79(80,81)82)92(12)74(103)66(47(4)5)89-73(102)67(48(6)7)90(10)41-37-51-29-33-56(34-30-51)91(11)78(107)110-45-52-27-31-55(32-28-52)86-71(100)58(24-20-38-85-77(84)106)87-72(101)65(46(2)3)88-61(95)26-17-16-18-39-94-62(96)35-36-63(94)97/h19,22-23,27-36,42,46-50,57-60,65-68,70H,15-18,20-21,24-26,37-41,43-45,83H2,1-14H3,(H,86,100)(H,87,101)(H,88,95)(H,89,102)(H3,84,85,106)/t49-,50?,57-,58-,59?,60+,65-,66-,67-,68-,70?/m0/s1. The van der Waals surface area contributed by atoms with Gasteiger partial charge in [0, 0.05) is 95.9 Å². The predicted molar refractivity (Wildman–Crippen MR) is 407 cm³/mol. The smallest absolute Gasteiger partial charge is 0.444 e. The highest BCUT2D eigenvalue weighted by molar-refractivity contribution is 6.13. The molecule has 9 N–H and O–H groups in total. The lowest BCUT2D eigenvalue weighted by Crippen LogP contribution is -2.60. The van der Waals surface area contributed by atoms with Crippen molar-refractivity contribution in [2.75, 3.05) is 71.8 Å². The topological polar surface area (TPSA) is 387 Å². The minimum Gasteiger partial charge on any atom is -0.444 e. The van der Waals surface area contributed by atoms with Crippen molar-refractivity contribution in [1.82, 2.24) is 40.9 Å². The number of ketones is 1. The summed E-state index contributed by atoms with van der Waals surface area (Å²) in [4.78, 5) is 178. The number of esters is 2. The lowest BCUT2D eigenvalue weighted by molar-refractivity contribution is -0.202. The highest BCUT2D eigenvalue weighted by Gasteiger charge is 2.45. The van der Waals surface area contributed by atoms with Crippen molar-refractivity contribution >= 4 is 88.5 Å². The molecule has 0 bridgehead atoms. The molecule has 0 aliphatic carbocycles. The number of nitrogens with two attached hydrogens (primary N) is 2. The van der Waals surface area contributed by atoms with Crippen molar-refractivity contribution in [3.63, 3.8) is 0 Å². The van der Waals surface area contributed by atoms with E-state index in [-0.39, 0.29) is 122 Å². The summed E-state index contributed by atoms with van der Waals surface area (Å²) in [7, 11) is 7.98. The molecule has 3 aromatic carbocycles. The van der Waals surface area contributed by atoms with Crippen LogP contribution in [0.1, 0.15) is 154 Å². The van der Waals surface area contributed by atoms with E-state index in [0.29, 0.717) is 80.5 Å². The molecule has 111 heavy (non-hydrogen) atoms. The molecule has 1 saturated heterocycles. The Kier molecular flexibility index (Phi) is 36.3. The summed E-state index contributed by atoms with van der Waals surface area (Å²) in [5, 5.41) is 13.9. The molecule has 11 amide bonds. The number of hydrogen-bond acceptors (Lipinski definition) is 19. The number of methoxy groups -OCH3 is 2. The average molecular weight is 1560 g/mol. The third kappa shape index (κ3) is 27.4. The summed E-state index contributed by atoms with van der Waals surface area (Å²) in [6, 6.07) is 12.5. The number of carbonyl (C=O) groups excluding carboxylic acids is 13. The first-order valence-corrected chi connectivity index (χ1v) is 37.7. The molecule has 3 unspecified atom stereocenters. The van der Waals surface area contributed by atoms with E-state index in [4.69, 9.17) is 25.7 Å². The first kappa shape index (κ1) is 91.9. The molecule has 29 nitrogen and oxygen atoms in total. The summed E-state index contributed by atoms with van der Waals surface area (Å²) in [5.41, 5.74) is 14.0. The second kappa shape index (κ2) is 43.8.